The largest absolute Gasteiger partial charge is 0.388 e. The first-order valence-corrected chi connectivity index (χ1v) is 17.5. The van der Waals surface area contributed by atoms with Gasteiger partial charge in [0.2, 0.25) is 0 Å². The third-order valence-electron chi connectivity index (χ3n) is 9.21. The quantitative estimate of drug-likeness (QED) is 0.0391. The molecule has 0 unspecified atom stereocenters. The lowest BCUT2D eigenvalue weighted by Crippen LogP contribution is -2.60. The first-order valence-electron chi connectivity index (χ1n) is 17.5. The van der Waals surface area contributed by atoms with Crippen LogP contribution in [-0.4, -0.2) is 147 Å². The van der Waals surface area contributed by atoms with Gasteiger partial charge in [0.25, 0.3) is 0 Å². The topological polar surface area (TPSA) is 480 Å². The molecule has 1 saturated carbocycles. The van der Waals surface area contributed by atoms with E-state index in [9.17, 15) is 20.4 Å². The van der Waals surface area contributed by atoms with Crippen molar-refractivity contribution in [3.63, 3.8) is 0 Å². The van der Waals surface area contributed by atoms with E-state index in [-0.39, 0.29) is 63.0 Å². The first kappa shape index (κ1) is 41.0. The minimum absolute atomic E-state index is 0.0119. The number of rotatable bonds is 15. The van der Waals surface area contributed by atoms with E-state index in [2.05, 4.69) is 61.2 Å². The highest BCUT2D eigenvalue weighted by molar-refractivity contribution is 5.76. The van der Waals surface area contributed by atoms with Crippen LogP contribution in [0.4, 0.5) is 0 Å². The van der Waals surface area contributed by atoms with Gasteiger partial charge in [0.05, 0.1) is 69.6 Å². The van der Waals surface area contributed by atoms with Crippen LogP contribution in [0.3, 0.4) is 0 Å². The molecule has 6 rings (SSSR count). The van der Waals surface area contributed by atoms with Crippen molar-refractivity contribution in [2.45, 2.75) is 100 Å². The monoisotopic (exact) mass is 814 g/mol. The highest BCUT2D eigenvalue weighted by Crippen LogP contribution is 2.41. The molecule has 1 saturated heterocycles. The van der Waals surface area contributed by atoms with Crippen molar-refractivity contribution in [3.8, 4) is 0 Å². The molecule has 1 aliphatic heterocycles. The molecular weight excluding hydrogens is 768 g/mol. The fourth-order valence-corrected chi connectivity index (χ4v) is 6.48. The molecule has 58 heavy (non-hydrogen) atoms. The Kier molecular flexibility index (Phi) is 12.5. The summed E-state index contributed by atoms with van der Waals surface area (Å²) < 4.78 is 18.3. The molecule has 0 amide bonds. The Morgan fingerprint density at radius 3 is 1.55 bits per heavy atom. The molecule has 20 N–H and O–H groups in total. The number of aliphatic imine (C=N–C) groups is 4. The number of aromatic nitrogens is 12. The fraction of sp³-hybridized carbons (Fsp3) is 0.571. The number of hydrogen-bond acceptors (Lipinski definition) is 18. The molecule has 30 nitrogen and oxygen atoms in total. The van der Waals surface area contributed by atoms with Crippen molar-refractivity contribution in [1.29, 1.82) is 0 Å². The van der Waals surface area contributed by atoms with Crippen molar-refractivity contribution in [2.75, 3.05) is 0 Å². The SMILES string of the molecule is NC(N)=NCc1cn(C[C@H]2O[C@H](O[C@H]3[C@H](O)[C@@H](O)[C@H](n4cc(CN=C(N)N)nn4)C[C@@H]3n3cc(CN=C(N)N)nn3)[C@H](n3cc(CN=C(N)N)nn3)[C@@H](O)[C@@H]2O)nn1. The van der Waals surface area contributed by atoms with E-state index in [1.54, 1.807) is 6.20 Å². The Morgan fingerprint density at radius 2 is 1.03 bits per heavy atom. The number of nitrogens with two attached hydrogens (primary N) is 8. The number of ether oxygens (including phenoxy) is 2. The van der Waals surface area contributed by atoms with E-state index in [0.717, 1.165) is 0 Å². The second-order valence-corrected chi connectivity index (χ2v) is 13.4. The Balaban J connectivity index is 1.35. The third-order valence-corrected chi connectivity index (χ3v) is 9.21. The summed E-state index contributed by atoms with van der Waals surface area (Å²) in [6.07, 6.45) is -4.37. The van der Waals surface area contributed by atoms with E-state index in [4.69, 9.17) is 55.3 Å². The van der Waals surface area contributed by atoms with Crippen LogP contribution in [-0.2, 0) is 42.2 Å². The van der Waals surface area contributed by atoms with Gasteiger partial charge in [0.1, 0.15) is 65.4 Å². The Morgan fingerprint density at radius 1 is 0.586 bits per heavy atom. The van der Waals surface area contributed by atoms with Gasteiger partial charge in [-0.3, -0.25) is 0 Å². The van der Waals surface area contributed by atoms with Gasteiger partial charge in [0, 0.05) is 0 Å². The summed E-state index contributed by atoms with van der Waals surface area (Å²) in [5.41, 5.74) is 45.3. The van der Waals surface area contributed by atoms with Crippen LogP contribution in [0.2, 0.25) is 0 Å². The zero-order valence-corrected chi connectivity index (χ0v) is 30.7. The predicted octanol–water partition coefficient (Wildman–Crippen LogP) is -8.17. The van der Waals surface area contributed by atoms with Crippen molar-refractivity contribution < 1.29 is 29.9 Å². The summed E-state index contributed by atoms with van der Waals surface area (Å²) in [5.74, 6) is -0.660. The average molecular weight is 815 g/mol. The Labute approximate surface area is 327 Å². The third kappa shape index (κ3) is 9.67. The van der Waals surface area contributed by atoms with Crippen LogP contribution >= 0.6 is 0 Å². The Bertz CT molecular complexity index is 2090. The lowest BCUT2D eigenvalue weighted by atomic mass is 9.83. The molecule has 4 aromatic rings. The lowest BCUT2D eigenvalue weighted by molar-refractivity contribution is -0.310. The van der Waals surface area contributed by atoms with Crippen molar-refractivity contribution in [1.82, 2.24) is 60.0 Å². The zero-order chi connectivity index (χ0) is 41.7. The maximum absolute atomic E-state index is 11.9. The van der Waals surface area contributed by atoms with Gasteiger partial charge < -0.3 is 75.8 Å². The number of aliphatic hydroxyl groups is 4. The summed E-state index contributed by atoms with van der Waals surface area (Å²) in [4.78, 5) is 15.8. The molecule has 10 atom stereocenters. The molecule has 2 fully saturated rings. The minimum atomic E-state index is -1.67. The van der Waals surface area contributed by atoms with Gasteiger partial charge in [-0.25, -0.2) is 38.7 Å². The van der Waals surface area contributed by atoms with Gasteiger partial charge >= 0.3 is 0 Å². The second kappa shape index (κ2) is 17.7. The van der Waals surface area contributed by atoms with Crippen LogP contribution < -0.4 is 45.9 Å². The zero-order valence-electron chi connectivity index (χ0n) is 30.7. The molecule has 5 heterocycles. The summed E-state index contributed by atoms with van der Waals surface area (Å²) in [7, 11) is 0. The molecule has 0 aromatic carbocycles. The maximum Gasteiger partial charge on any atom is 0.186 e. The fourth-order valence-electron chi connectivity index (χ4n) is 6.48. The van der Waals surface area contributed by atoms with Crippen molar-refractivity contribution in [2.24, 2.45) is 65.8 Å². The number of aliphatic hydroxyl groups excluding tert-OH is 4. The first-order chi connectivity index (χ1) is 27.7. The van der Waals surface area contributed by atoms with Gasteiger partial charge in [0.15, 0.2) is 30.1 Å². The van der Waals surface area contributed by atoms with E-state index in [0.29, 0.717) is 22.8 Å². The summed E-state index contributed by atoms with van der Waals surface area (Å²) in [6.45, 7) is -0.166. The highest BCUT2D eigenvalue weighted by Gasteiger charge is 2.52. The summed E-state index contributed by atoms with van der Waals surface area (Å²) in [6, 6.07) is -3.12. The van der Waals surface area contributed by atoms with E-state index < -0.39 is 61.0 Å². The average Bonchev–Trinajstić information content (AvgIpc) is 4.01. The van der Waals surface area contributed by atoms with Crippen LogP contribution in [0, 0.1) is 0 Å². The predicted molar refractivity (Wildman–Crippen MR) is 197 cm³/mol. The highest BCUT2D eigenvalue weighted by atomic mass is 16.7. The van der Waals surface area contributed by atoms with Crippen LogP contribution in [0.15, 0.2) is 44.8 Å². The van der Waals surface area contributed by atoms with E-state index >= 15 is 0 Å². The molecule has 0 radical (unpaired) electrons. The van der Waals surface area contributed by atoms with Gasteiger partial charge in [-0.15, -0.1) is 20.4 Å². The van der Waals surface area contributed by atoms with Gasteiger partial charge in [-0.1, -0.05) is 20.9 Å². The molecule has 1 aliphatic carbocycles. The normalized spacial score (nSPS) is 27.1. The standard InChI is InChI=1S/C28H46N24O6/c29-25(30)37-2-11-6-49(45-41-11)10-17-20(54)21(55)18(52-9-14(44-48-52)5-40-28(35)36)24(57-17)58-23-16(51-8-13(43-47-51)4-39-27(33)34)1-15(19(53)22(23)56)50-7-12(42-46-50)3-38-26(31)32/h6-9,15-24,53-56H,1-5,10H2,(H4,29,30,37)(H4,31,32,38)(H4,33,34,39)(H4,35,36,40)/t15-,16+,17-,18-,19+,20-,21-,22-,23-,24-/m1/s1. The van der Waals surface area contributed by atoms with Crippen LogP contribution in [0.1, 0.15) is 47.3 Å². The summed E-state index contributed by atoms with van der Waals surface area (Å²) >= 11 is 0. The van der Waals surface area contributed by atoms with Crippen LogP contribution in [0.5, 0.6) is 0 Å². The molecule has 314 valence electrons. The molecule has 30 heteroatoms. The van der Waals surface area contributed by atoms with E-state index in [1.165, 1.54) is 37.3 Å². The molecule has 4 aromatic heterocycles. The van der Waals surface area contributed by atoms with Gasteiger partial charge in [-0.05, 0) is 6.42 Å². The molecule has 0 spiro atoms. The molecule has 0 bridgehead atoms. The van der Waals surface area contributed by atoms with E-state index in [1.807, 2.05) is 0 Å². The number of guanidine groups is 4. The number of nitrogens with zero attached hydrogens (tertiary/aromatic N) is 16. The minimum Gasteiger partial charge on any atom is -0.388 e. The maximum atomic E-state index is 11.9. The second-order valence-electron chi connectivity index (χ2n) is 13.4. The number of hydrogen-bond donors (Lipinski definition) is 12. The van der Waals surface area contributed by atoms with Crippen LogP contribution in [0.25, 0.3) is 0 Å². The van der Waals surface area contributed by atoms with Gasteiger partial charge in [-0.2, -0.15) is 0 Å². The smallest absolute Gasteiger partial charge is 0.186 e. The Hall–Kier alpha value is -6.60. The lowest BCUT2D eigenvalue weighted by Gasteiger charge is -2.47. The summed E-state index contributed by atoms with van der Waals surface area (Å²) in [5, 5.41) is 79.6. The van der Waals surface area contributed by atoms with Crippen molar-refractivity contribution in [3.05, 3.63) is 47.6 Å². The molecule has 2 aliphatic rings. The molecular formula is C28H46N24O6. The van der Waals surface area contributed by atoms with Crippen molar-refractivity contribution >= 4 is 23.8 Å².